The maximum atomic E-state index is 11.9. The lowest BCUT2D eigenvalue weighted by atomic mass is 10.1. The monoisotopic (exact) mass is 265 g/mol. The van der Waals surface area contributed by atoms with Gasteiger partial charge in [0.05, 0.1) is 0 Å². The number of hydrogen-bond donors (Lipinski definition) is 1. The van der Waals surface area contributed by atoms with Crippen LogP contribution >= 0.6 is 11.8 Å². The molecule has 1 aromatic rings. The Kier molecular flexibility index (Phi) is 5.14. The second kappa shape index (κ2) is 6.16. The first kappa shape index (κ1) is 14.2. The zero-order valence-electron chi connectivity index (χ0n) is 9.33. The zero-order chi connectivity index (χ0) is 12.9. The molecule has 0 spiro atoms. The Morgan fingerprint density at radius 1 is 1.29 bits per heavy atom. The van der Waals surface area contributed by atoms with Gasteiger partial charge in [0.2, 0.25) is 0 Å². The molecule has 0 saturated carbocycles. The van der Waals surface area contributed by atoms with Gasteiger partial charge in [0.15, 0.2) is 0 Å². The number of hydrogen-bond acceptors (Lipinski definition) is 3. The third-order valence-electron chi connectivity index (χ3n) is 2.04. The largest absolute Gasteiger partial charge is 0.573 e. The van der Waals surface area contributed by atoms with Crippen molar-refractivity contribution in [2.24, 2.45) is 5.73 Å². The van der Waals surface area contributed by atoms with Gasteiger partial charge in [0, 0.05) is 11.8 Å². The standard InChI is InChI=1S/C11H14F3NOS/c1-17-7-9(15)6-8-2-4-10(5-3-8)16-11(12,13)14/h2-5,9H,6-7,15H2,1H3. The van der Waals surface area contributed by atoms with E-state index in [9.17, 15) is 13.2 Å². The van der Waals surface area contributed by atoms with Gasteiger partial charge in [0.25, 0.3) is 0 Å². The van der Waals surface area contributed by atoms with Crippen LogP contribution in [-0.4, -0.2) is 24.4 Å². The molecule has 17 heavy (non-hydrogen) atoms. The molecule has 0 aromatic heterocycles. The van der Waals surface area contributed by atoms with Gasteiger partial charge in [-0.15, -0.1) is 13.2 Å². The van der Waals surface area contributed by atoms with Gasteiger partial charge in [-0.3, -0.25) is 0 Å². The fraction of sp³-hybridized carbons (Fsp3) is 0.455. The predicted molar refractivity (Wildman–Crippen MR) is 63.2 cm³/mol. The first-order chi connectivity index (χ1) is 7.90. The van der Waals surface area contributed by atoms with Crippen molar-refractivity contribution in [1.82, 2.24) is 0 Å². The fourth-order valence-corrected chi connectivity index (χ4v) is 1.95. The van der Waals surface area contributed by atoms with Crippen molar-refractivity contribution in [2.45, 2.75) is 18.8 Å². The number of nitrogens with two attached hydrogens (primary N) is 1. The summed E-state index contributed by atoms with van der Waals surface area (Å²) < 4.78 is 39.5. The molecule has 6 heteroatoms. The SMILES string of the molecule is CSCC(N)Cc1ccc(OC(F)(F)F)cc1. The molecular weight excluding hydrogens is 251 g/mol. The number of thioether (sulfide) groups is 1. The Bertz CT molecular complexity index is 340. The smallest absolute Gasteiger partial charge is 0.406 e. The first-order valence-corrected chi connectivity index (χ1v) is 6.39. The quantitative estimate of drug-likeness (QED) is 0.889. The van der Waals surface area contributed by atoms with Gasteiger partial charge in [-0.1, -0.05) is 12.1 Å². The van der Waals surface area contributed by atoms with E-state index < -0.39 is 6.36 Å². The molecule has 0 aliphatic heterocycles. The lowest BCUT2D eigenvalue weighted by Crippen LogP contribution is -2.25. The van der Waals surface area contributed by atoms with Crippen LogP contribution in [0.2, 0.25) is 0 Å². The summed E-state index contributed by atoms with van der Waals surface area (Å²) in [7, 11) is 0. The van der Waals surface area contributed by atoms with Crippen LogP contribution in [0.15, 0.2) is 24.3 Å². The maximum absolute atomic E-state index is 11.9. The van der Waals surface area contributed by atoms with Crippen molar-refractivity contribution in [3.05, 3.63) is 29.8 Å². The summed E-state index contributed by atoms with van der Waals surface area (Å²) in [5.74, 6) is 0.612. The highest BCUT2D eigenvalue weighted by Gasteiger charge is 2.30. The van der Waals surface area contributed by atoms with Gasteiger partial charge >= 0.3 is 6.36 Å². The van der Waals surface area contributed by atoms with Gasteiger partial charge < -0.3 is 10.5 Å². The highest BCUT2D eigenvalue weighted by atomic mass is 32.2. The number of alkyl halides is 3. The first-order valence-electron chi connectivity index (χ1n) is 5.00. The summed E-state index contributed by atoms with van der Waals surface area (Å²) in [6.07, 6.45) is -2.04. The molecule has 2 N–H and O–H groups in total. The summed E-state index contributed by atoms with van der Waals surface area (Å²) >= 11 is 1.64. The van der Waals surface area contributed by atoms with Crippen LogP contribution in [0.3, 0.4) is 0 Å². The molecule has 0 heterocycles. The van der Waals surface area contributed by atoms with Crippen LogP contribution in [0.25, 0.3) is 0 Å². The van der Waals surface area contributed by atoms with Crippen molar-refractivity contribution >= 4 is 11.8 Å². The van der Waals surface area contributed by atoms with E-state index in [1.807, 2.05) is 6.26 Å². The van der Waals surface area contributed by atoms with Crippen LogP contribution in [0.4, 0.5) is 13.2 Å². The van der Waals surface area contributed by atoms with Crippen molar-refractivity contribution in [3.8, 4) is 5.75 Å². The Balaban J connectivity index is 2.56. The molecule has 1 atom stereocenters. The highest BCUT2D eigenvalue weighted by molar-refractivity contribution is 7.98. The minimum Gasteiger partial charge on any atom is -0.406 e. The van der Waals surface area contributed by atoms with Crippen molar-refractivity contribution in [1.29, 1.82) is 0 Å². The Morgan fingerprint density at radius 2 is 1.88 bits per heavy atom. The topological polar surface area (TPSA) is 35.2 Å². The molecule has 0 saturated heterocycles. The lowest BCUT2D eigenvalue weighted by molar-refractivity contribution is -0.274. The van der Waals surface area contributed by atoms with Crippen LogP contribution in [0.1, 0.15) is 5.56 Å². The summed E-state index contributed by atoms with van der Waals surface area (Å²) in [4.78, 5) is 0. The second-order valence-electron chi connectivity index (χ2n) is 3.61. The van der Waals surface area contributed by atoms with Crippen molar-refractivity contribution in [2.75, 3.05) is 12.0 Å². The Labute approximate surface area is 102 Å². The number of rotatable bonds is 5. The zero-order valence-corrected chi connectivity index (χ0v) is 10.1. The predicted octanol–water partition coefficient (Wildman–Crippen LogP) is 2.82. The average Bonchev–Trinajstić information content (AvgIpc) is 2.19. The molecule has 2 nitrogen and oxygen atoms in total. The number of ether oxygens (including phenoxy) is 1. The molecule has 96 valence electrons. The summed E-state index contributed by atoms with van der Waals surface area (Å²) in [5, 5.41) is 0. The van der Waals surface area contributed by atoms with E-state index >= 15 is 0 Å². The molecule has 0 radical (unpaired) electrons. The third-order valence-corrected chi connectivity index (χ3v) is 2.80. The average molecular weight is 265 g/mol. The van der Waals surface area contributed by atoms with Crippen LogP contribution in [0, 0.1) is 0 Å². The van der Waals surface area contributed by atoms with Crippen molar-refractivity contribution < 1.29 is 17.9 Å². The number of benzene rings is 1. The Morgan fingerprint density at radius 3 is 2.35 bits per heavy atom. The molecular formula is C11H14F3NOS. The van der Waals surface area contributed by atoms with Gasteiger partial charge in [-0.05, 0) is 30.4 Å². The van der Waals surface area contributed by atoms with Gasteiger partial charge in [-0.2, -0.15) is 11.8 Å². The van der Waals surface area contributed by atoms with Crippen LogP contribution in [-0.2, 0) is 6.42 Å². The van der Waals surface area contributed by atoms with E-state index in [1.165, 1.54) is 12.1 Å². The summed E-state index contributed by atoms with van der Waals surface area (Å²) in [5.41, 5.74) is 6.73. The lowest BCUT2D eigenvalue weighted by Gasteiger charge is -2.11. The van der Waals surface area contributed by atoms with E-state index in [4.69, 9.17) is 5.73 Å². The van der Waals surface area contributed by atoms with E-state index in [2.05, 4.69) is 4.74 Å². The molecule has 0 amide bonds. The third kappa shape index (κ3) is 5.83. The summed E-state index contributed by atoms with van der Waals surface area (Å²) in [6.45, 7) is 0. The molecule has 1 unspecified atom stereocenters. The van der Waals surface area contributed by atoms with E-state index in [-0.39, 0.29) is 11.8 Å². The molecule has 1 rings (SSSR count). The van der Waals surface area contributed by atoms with Crippen LogP contribution < -0.4 is 10.5 Å². The molecule has 0 aliphatic rings. The van der Waals surface area contributed by atoms with Gasteiger partial charge in [-0.25, -0.2) is 0 Å². The molecule has 0 bridgehead atoms. The van der Waals surface area contributed by atoms with Crippen molar-refractivity contribution in [3.63, 3.8) is 0 Å². The molecule has 0 fully saturated rings. The highest BCUT2D eigenvalue weighted by Crippen LogP contribution is 2.23. The normalized spacial score (nSPS) is 13.5. The number of halogens is 3. The molecule has 0 aliphatic carbocycles. The van der Waals surface area contributed by atoms with Gasteiger partial charge in [0.1, 0.15) is 5.75 Å². The van der Waals surface area contributed by atoms with Crippen LogP contribution in [0.5, 0.6) is 5.75 Å². The molecule has 1 aromatic carbocycles. The maximum Gasteiger partial charge on any atom is 0.573 e. The van der Waals surface area contributed by atoms with E-state index in [0.29, 0.717) is 6.42 Å². The fourth-order valence-electron chi connectivity index (χ4n) is 1.40. The minimum atomic E-state index is -4.64. The van der Waals surface area contributed by atoms with E-state index in [0.717, 1.165) is 11.3 Å². The second-order valence-corrected chi connectivity index (χ2v) is 4.52. The summed E-state index contributed by atoms with van der Waals surface area (Å²) in [6, 6.07) is 5.81. The minimum absolute atomic E-state index is 0.0133. The van der Waals surface area contributed by atoms with E-state index in [1.54, 1.807) is 23.9 Å². The Hall–Kier alpha value is -0.880.